The smallest absolute Gasteiger partial charge is 0.269 e. The third-order valence-corrected chi connectivity index (χ3v) is 7.55. The number of fused-ring (bicyclic) bond motifs is 1. The molecule has 0 spiro atoms. The number of carbonyl (C=O) groups is 1. The minimum Gasteiger partial charge on any atom is -0.494 e. The highest BCUT2D eigenvalue weighted by atomic mass is 32.2. The molecule has 1 amide bonds. The number of thiazole rings is 1. The van der Waals surface area contributed by atoms with Crippen LogP contribution < -0.4 is 15.6 Å². The second-order valence-corrected chi connectivity index (χ2v) is 9.51. The van der Waals surface area contributed by atoms with Crippen molar-refractivity contribution in [3.05, 3.63) is 48.0 Å². The molecule has 29 heavy (non-hydrogen) atoms. The minimum absolute atomic E-state index is 0.196. The minimum atomic E-state index is -3.49. The number of ether oxygens (including phenoxy) is 1. The molecule has 0 unspecified atom stereocenters. The van der Waals surface area contributed by atoms with Crippen LogP contribution in [0.2, 0.25) is 0 Å². The summed E-state index contributed by atoms with van der Waals surface area (Å²) in [4.78, 5) is 17.0. The Morgan fingerprint density at radius 1 is 1.14 bits per heavy atom. The van der Waals surface area contributed by atoms with Gasteiger partial charge >= 0.3 is 0 Å². The van der Waals surface area contributed by atoms with Crippen LogP contribution in [-0.4, -0.2) is 43.8 Å². The normalized spacial score (nSPS) is 14.8. The van der Waals surface area contributed by atoms with Gasteiger partial charge in [-0.2, -0.15) is 4.31 Å². The van der Waals surface area contributed by atoms with Crippen molar-refractivity contribution < 1.29 is 17.9 Å². The maximum atomic E-state index is 12.6. The van der Waals surface area contributed by atoms with Crippen LogP contribution in [0.3, 0.4) is 0 Å². The Morgan fingerprint density at radius 2 is 1.86 bits per heavy atom. The summed E-state index contributed by atoms with van der Waals surface area (Å²) in [6.07, 6.45) is 1.76. The highest BCUT2D eigenvalue weighted by Crippen LogP contribution is 2.31. The maximum Gasteiger partial charge on any atom is 0.269 e. The monoisotopic (exact) mass is 432 g/mol. The van der Waals surface area contributed by atoms with Gasteiger partial charge in [0, 0.05) is 18.7 Å². The van der Waals surface area contributed by atoms with Crippen molar-refractivity contribution in [2.24, 2.45) is 0 Å². The van der Waals surface area contributed by atoms with Crippen LogP contribution >= 0.6 is 11.3 Å². The summed E-state index contributed by atoms with van der Waals surface area (Å²) in [6.45, 7) is 1.09. The van der Waals surface area contributed by atoms with Crippen molar-refractivity contribution >= 4 is 42.6 Å². The molecule has 1 aromatic heterocycles. The quantitative estimate of drug-likeness (QED) is 0.581. The number of amides is 1. The van der Waals surface area contributed by atoms with Gasteiger partial charge in [-0.1, -0.05) is 17.4 Å². The van der Waals surface area contributed by atoms with E-state index in [1.54, 1.807) is 7.11 Å². The lowest BCUT2D eigenvalue weighted by Gasteiger charge is -2.15. The van der Waals surface area contributed by atoms with Crippen molar-refractivity contribution in [1.82, 2.24) is 14.7 Å². The first-order valence-electron chi connectivity index (χ1n) is 9.09. The van der Waals surface area contributed by atoms with Gasteiger partial charge in [0.15, 0.2) is 0 Å². The van der Waals surface area contributed by atoms with Gasteiger partial charge in [0.25, 0.3) is 5.91 Å². The lowest BCUT2D eigenvalue weighted by atomic mass is 10.2. The zero-order valence-electron chi connectivity index (χ0n) is 15.7. The van der Waals surface area contributed by atoms with E-state index in [9.17, 15) is 13.2 Å². The number of sulfonamides is 1. The van der Waals surface area contributed by atoms with E-state index >= 15 is 0 Å². The predicted molar refractivity (Wildman–Crippen MR) is 112 cm³/mol. The molecule has 2 N–H and O–H groups in total. The number of hydrogen-bond acceptors (Lipinski definition) is 7. The molecule has 2 heterocycles. The molecule has 0 bridgehead atoms. The van der Waals surface area contributed by atoms with E-state index < -0.39 is 10.0 Å². The Morgan fingerprint density at radius 3 is 2.55 bits per heavy atom. The number of aromatic nitrogens is 1. The summed E-state index contributed by atoms with van der Waals surface area (Å²) in [7, 11) is -1.91. The van der Waals surface area contributed by atoms with Gasteiger partial charge in [0.1, 0.15) is 11.3 Å². The molecule has 3 aromatic rings. The van der Waals surface area contributed by atoms with Crippen molar-refractivity contribution in [3.8, 4) is 5.75 Å². The molecule has 8 nitrogen and oxygen atoms in total. The van der Waals surface area contributed by atoms with Gasteiger partial charge in [0.2, 0.25) is 15.2 Å². The molecule has 1 saturated heterocycles. The van der Waals surface area contributed by atoms with Crippen LogP contribution in [-0.2, 0) is 10.0 Å². The van der Waals surface area contributed by atoms with E-state index in [0.29, 0.717) is 35.1 Å². The third-order valence-electron chi connectivity index (χ3n) is 4.70. The highest BCUT2D eigenvalue weighted by Gasteiger charge is 2.27. The van der Waals surface area contributed by atoms with Gasteiger partial charge in [-0.05, 0) is 49.2 Å². The second kappa shape index (κ2) is 7.97. The summed E-state index contributed by atoms with van der Waals surface area (Å²) in [5.74, 6) is 0.272. The average molecular weight is 433 g/mol. The number of benzene rings is 2. The number of carbonyl (C=O) groups excluding carboxylic acids is 1. The molecule has 10 heteroatoms. The highest BCUT2D eigenvalue weighted by molar-refractivity contribution is 7.89. The number of anilines is 1. The van der Waals surface area contributed by atoms with Crippen LogP contribution in [0.15, 0.2) is 47.4 Å². The number of para-hydroxylation sites is 1. The van der Waals surface area contributed by atoms with Crippen molar-refractivity contribution in [3.63, 3.8) is 0 Å². The first kappa shape index (κ1) is 19.6. The molecular weight excluding hydrogens is 412 g/mol. The summed E-state index contributed by atoms with van der Waals surface area (Å²) in [5.41, 5.74) is 6.44. The molecule has 0 aliphatic carbocycles. The number of nitrogens with zero attached hydrogens (tertiary/aromatic N) is 2. The van der Waals surface area contributed by atoms with Gasteiger partial charge < -0.3 is 4.74 Å². The van der Waals surface area contributed by atoms with Crippen molar-refractivity contribution in [2.75, 3.05) is 25.6 Å². The molecule has 2 aromatic carbocycles. The molecule has 0 atom stereocenters. The number of hydrogen-bond donors (Lipinski definition) is 2. The van der Waals surface area contributed by atoms with Gasteiger partial charge in [-0.15, -0.1) is 0 Å². The molecular formula is C19H20N4O4S2. The van der Waals surface area contributed by atoms with E-state index in [2.05, 4.69) is 15.8 Å². The van der Waals surface area contributed by atoms with E-state index in [4.69, 9.17) is 4.74 Å². The van der Waals surface area contributed by atoms with Gasteiger partial charge in [-0.3, -0.25) is 15.6 Å². The Kier molecular flexibility index (Phi) is 5.39. The molecule has 152 valence electrons. The fraction of sp³-hybridized carbons (Fsp3) is 0.263. The van der Waals surface area contributed by atoms with Crippen LogP contribution in [0, 0.1) is 0 Å². The second-order valence-electron chi connectivity index (χ2n) is 6.54. The molecule has 1 fully saturated rings. The lowest BCUT2D eigenvalue weighted by molar-refractivity contribution is 0.0962. The van der Waals surface area contributed by atoms with E-state index in [1.807, 2.05) is 18.2 Å². The summed E-state index contributed by atoms with van der Waals surface area (Å²) in [6, 6.07) is 11.5. The van der Waals surface area contributed by atoms with Crippen LogP contribution in [0.5, 0.6) is 5.75 Å². The number of methoxy groups -OCH3 is 1. The number of nitrogens with one attached hydrogen (secondary N) is 2. The van der Waals surface area contributed by atoms with Crippen molar-refractivity contribution in [2.45, 2.75) is 17.7 Å². The molecule has 1 aliphatic rings. The lowest BCUT2D eigenvalue weighted by Crippen LogP contribution is -2.30. The zero-order chi connectivity index (χ0) is 20.4. The first-order valence-corrected chi connectivity index (χ1v) is 11.3. The van der Waals surface area contributed by atoms with E-state index in [0.717, 1.165) is 17.5 Å². The zero-order valence-corrected chi connectivity index (χ0v) is 17.3. The van der Waals surface area contributed by atoms with Crippen LogP contribution in [0.4, 0.5) is 5.13 Å². The summed E-state index contributed by atoms with van der Waals surface area (Å²) >= 11 is 1.38. The third kappa shape index (κ3) is 3.91. The number of hydrazine groups is 1. The SMILES string of the molecule is COc1cccc2sc(NNC(=O)c3ccc(S(=O)(=O)N4CCCC4)cc3)nc12. The largest absolute Gasteiger partial charge is 0.494 e. The predicted octanol–water partition coefficient (Wildman–Crippen LogP) is 2.85. The molecule has 1 aliphatic heterocycles. The Bertz CT molecular complexity index is 1140. The van der Waals surface area contributed by atoms with Gasteiger partial charge in [0.05, 0.1) is 16.7 Å². The molecule has 0 radical (unpaired) electrons. The molecule has 0 saturated carbocycles. The standard InChI is InChI=1S/C19H20N4O4S2/c1-27-15-5-4-6-16-17(15)20-19(28-16)22-21-18(24)13-7-9-14(10-8-13)29(25,26)23-11-2-3-12-23/h4-10H,2-3,11-12H2,1H3,(H,20,22)(H,21,24). The van der Waals surface area contributed by atoms with Gasteiger partial charge in [-0.25, -0.2) is 13.4 Å². The Balaban J connectivity index is 1.44. The first-order chi connectivity index (χ1) is 14.0. The van der Waals surface area contributed by atoms with E-state index in [-0.39, 0.29) is 10.8 Å². The van der Waals surface area contributed by atoms with E-state index in [1.165, 1.54) is 39.9 Å². The Hall–Kier alpha value is -2.69. The Labute approximate surface area is 172 Å². The topological polar surface area (TPSA) is 101 Å². The summed E-state index contributed by atoms with van der Waals surface area (Å²) in [5, 5.41) is 0.520. The molecule has 4 rings (SSSR count). The van der Waals surface area contributed by atoms with Crippen LogP contribution in [0.25, 0.3) is 10.2 Å². The fourth-order valence-electron chi connectivity index (χ4n) is 3.18. The summed E-state index contributed by atoms with van der Waals surface area (Å²) < 4.78 is 32.8. The van der Waals surface area contributed by atoms with Crippen molar-refractivity contribution in [1.29, 1.82) is 0 Å². The number of rotatable bonds is 6. The fourth-order valence-corrected chi connectivity index (χ4v) is 5.53. The average Bonchev–Trinajstić information content (AvgIpc) is 3.41. The maximum absolute atomic E-state index is 12.6. The van der Waals surface area contributed by atoms with Crippen LogP contribution in [0.1, 0.15) is 23.2 Å².